The highest BCUT2D eigenvalue weighted by molar-refractivity contribution is 14.2. The summed E-state index contributed by atoms with van der Waals surface area (Å²) in [6, 6.07) is 0. The molecule has 0 aliphatic heterocycles. The van der Waals surface area contributed by atoms with E-state index in [0.717, 1.165) is 0 Å². The molecule has 26 valence electrons. The van der Waals surface area contributed by atoms with Crippen LogP contribution in [0.15, 0.2) is 0 Å². The first-order valence-electron chi connectivity index (χ1n) is 0.628. The Kier molecular flexibility index (Phi) is 6.24. The first-order chi connectivity index (χ1) is 1.91. The molecular weight excluding hydrogens is 208 g/mol. The molecule has 0 aromatic carbocycles. The molecule has 4 heteroatoms. The molecule has 0 nitrogen and oxygen atoms in total. The van der Waals surface area contributed by atoms with Crippen LogP contribution in [0.4, 0.5) is 4.20 Å². The second-order valence-electron chi connectivity index (χ2n) is 0.189. The fourth-order valence-electron chi connectivity index (χ4n) is 0. The average molecular weight is 210 g/mol. The second-order valence-corrected chi connectivity index (χ2v) is 6.56. The van der Waals surface area contributed by atoms with E-state index in [2.05, 4.69) is 0 Å². The lowest BCUT2D eigenvalue weighted by molar-refractivity contribution is 0.936. The van der Waals surface area contributed by atoms with Gasteiger partial charge in [-0.15, -0.1) is 0 Å². The fraction of sp³-hybridized carbons (Fsp3) is 0. The van der Waals surface area contributed by atoms with Gasteiger partial charge in [-0.2, -0.15) is 0 Å². The van der Waals surface area contributed by atoms with E-state index >= 15 is 0 Å². The highest BCUT2D eigenvalue weighted by Crippen LogP contribution is 2.44. The molecule has 0 aliphatic carbocycles. The van der Waals surface area contributed by atoms with Gasteiger partial charge in [0.25, 0.3) is 0 Å². The van der Waals surface area contributed by atoms with Crippen molar-refractivity contribution in [2.75, 3.05) is 0 Å². The Morgan fingerprint density at radius 2 is 2.00 bits per heavy atom. The van der Waals surface area contributed by atoms with Crippen LogP contribution >= 0.6 is 36.5 Å². The third-order valence-corrected chi connectivity index (χ3v) is 2.16. The van der Waals surface area contributed by atoms with Crippen LogP contribution in [0.3, 0.4) is 0 Å². The number of hydrogen-bond donors (Lipinski definition) is 0. The van der Waals surface area contributed by atoms with Crippen LogP contribution in [-0.4, -0.2) is 0 Å². The second kappa shape index (κ2) is 4.52. The predicted octanol–water partition coefficient (Wildman–Crippen LogP) is 2.49. The molecule has 0 rings (SSSR count). The van der Waals surface area contributed by atoms with Crippen molar-refractivity contribution in [2.45, 2.75) is 0 Å². The Balaban J connectivity index is 1.97. The summed E-state index contributed by atoms with van der Waals surface area (Å²) in [6.07, 6.45) is 0. The number of hydrogen-bond acceptors (Lipinski definition) is 0. The summed E-state index contributed by atoms with van der Waals surface area (Å²) in [5, 5.41) is 0. The maximum Gasteiger partial charge on any atom is 0.0982 e. The summed E-state index contributed by atoms with van der Waals surface area (Å²) in [6.45, 7) is 0. The minimum atomic E-state index is -0.345. The molecule has 2 atom stereocenters. The molecule has 0 radical (unpaired) electrons. The standard InChI is InChI=1S/FH2IP2/c1-3-4-2/h3-4H. The quantitative estimate of drug-likeness (QED) is 0.460. The first kappa shape index (κ1) is 5.52. The zero-order valence-electron chi connectivity index (χ0n) is 1.76. The molecule has 0 aliphatic rings. The van der Waals surface area contributed by atoms with Crippen molar-refractivity contribution < 1.29 is 4.20 Å². The molecule has 0 N–H and O–H groups in total. The van der Waals surface area contributed by atoms with Crippen LogP contribution in [-0.2, 0) is 0 Å². The Hall–Kier alpha value is 1.52. The highest BCUT2D eigenvalue weighted by Gasteiger charge is 1.62. The average Bonchev–Trinajstić information content (AvgIpc) is 1.37. The smallest absolute Gasteiger partial charge is 0.0982 e. The van der Waals surface area contributed by atoms with Gasteiger partial charge < -0.3 is 0 Å². The molecule has 0 fully saturated rings. The Labute approximate surface area is 41.0 Å². The first-order valence-corrected chi connectivity index (χ1v) is 6.62. The van der Waals surface area contributed by atoms with E-state index in [1.54, 1.807) is 0 Å². The van der Waals surface area contributed by atoms with Gasteiger partial charge in [-0.3, -0.25) is 0 Å². The van der Waals surface area contributed by atoms with Crippen molar-refractivity contribution in [2.24, 2.45) is 0 Å². The summed E-state index contributed by atoms with van der Waals surface area (Å²) in [5.74, 6) is 0.472. The maximum absolute atomic E-state index is 10.8. The molecule has 0 spiro atoms. The van der Waals surface area contributed by atoms with Crippen LogP contribution in [0, 0.1) is 0 Å². The van der Waals surface area contributed by atoms with Crippen molar-refractivity contribution in [3.8, 4) is 0 Å². The molecule has 2 unspecified atom stereocenters. The lowest BCUT2D eigenvalue weighted by Crippen LogP contribution is -0.833. The van der Waals surface area contributed by atoms with E-state index in [4.69, 9.17) is 0 Å². The summed E-state index contributed by atoms with van der Waals surface area (Å²) >= 11 is 2.02. The monoisotopic (exact) mass is 210 g/mol. The van der Waals surface area contributed by atoms with Gasteiger partial charge in [0.15, 0.2) is 0 Å². The zero-order chi connectivity index (χ0) is 3.41. The lowest BCUT2D eigenvalue weighted by Gasteiger charge is -1.62. The molecule has 0 saturated carbocycles. The normalized spacial score (nSPS) is 13.5. The van der Waals surface area contributed by atoms with Gasteiger partial charge in [-0.05, 0) is 22.0 Å². The van der Waals surface area contributed by atoms with Gasteiger partial charge in [0.1, 0.15) is 0 Å². The molecular formula is H2FIP2. The van der Waals surface area contributed by atoms with E-state index in [1.807, 2.05) is 22.0 Å². The van der Waals surface area contributed by atoms with Gasteiger partial charge >= 0.3 is 0 Å². The molecule has 4 heavy (non-hydrogen) atoms. The van der Waals surface area contributed by atoms with Crippen LogP contribution in [0.5, 0.6) is 0 Å². The zero-order valence-corrected chi connectivity index (χ0v) is 5.91. The topological polar surface area (TPSA) is 0 Å². The third kappa shape index (κ3) is 3.52. The molecule has 0 aromatic rings. The molecule has 0 aromatic heterocycles. The SMILES string of the molecule is FPPI. The van der Waals surface area contributed by atoms with E-state index in [1.165, 1.54) is 0 Å². The predicted molar refractivity (Wildman–Crippen MR) is 31.8 cm³/mol. The Morgan fingerprint density at radius 1 is 1.75 bits per heavy atom. The van der Waals surface area contributed by atoms with Crippen molar-refractivity contribution >= 4 is 36.5 Å². The minimum Gasteiger partial charge on any atom is -0.225 e. The van der Waals surface area contributed by atoms with Crippen LogP contribution in [0.1, 0.15) is 0 Å². The summed E-state index contributed by atoms with van der Waals surface area (Å²) in [7, 11) is -0.345. The van der Waals surface area contributed by atoms with Crippen LogP contribution in [0.25, 0.3) is 0 Å². The third-order valence-electron chi connectivity index (χ3n) is 0.0357. The molecule has 0 heterocycles. The molecule has 0 bridgehead atoms. The van der Waals surface area contributed by atoms with Gasteiger partial charge in [-0.25, -0.2) is 4.20 Å². The van der Waals surface area contributed by atoms with E-state index < -0.39 is 0 Å². The fourth-order valence-corrected chi connectivity index (χ4v) is 0. The van der Waals surface area contributed by atoms with Crippen molar-refractivity contribution in [3.05, 3.63) is 0 Å². The van der Waals surface area contributed by atoms with Gasteiger partial charge in [0, 0.05) is 5.91 Å². The van der Waals surface area contributed by atoms with Gasteiger partial charge in [0.2, 0.25) is 0 Å². The van der Waals surface area contributed by atoms with E-state index in [0.29, 0.717) is 5.91 Å². The number of halogens is 2. The van der Waals surface area contributed by atoms with Crippen molar-refractivity contribution in [3.63, 3.8) is 0 Å². The molecule has 0 saturated heterocycles. The summed E-state index contributed by atoms with van der Waals surface area (Å²) in [4.78, 5) is 0. The Bertz CT molecular complexity index is 8.00. The Morgan fingerprint density at radius 3 is 2.00 bits per heavy atom. The largest absolute Gasteiger partial charge is 0.225 e. The van der Waals surface area contributed by atoms with Gasteiger partial charge in [-0.1, -0.05) is 0 Å². The minimum absolute atomic E-state index is 0.345. The summed E-state index contributed by atoms with van der Waals surface area (Å²) in [5.41, 5.74) is 0. The van der Waals surface area contributed by atoms with E-state index in [9.17, 15) is 4.20 Å². The highest BCUT2D eigenvalue weighted by atomic mass is 127. The summed E-state index contributed by atoms with van der Waals surface area (Å²) < 4.78 is 10.8. The van der Waals surface area contributed by atoms with Crippen LogP contribution < -0.4 is 0 Å². The lowest BCUT2D eigenvalue weighted by atomic mass is 18.9. The number of rotatable bonds is 1. The van der Waals surface area contributed by atoms with Crippen molar-refractivity contribution in [1.29, 1.82) is 0 Å². The maximum atomic E-state index is 10.8. The van der Waals surface area contributed by atoms with E-state index in [-0.39, 0.29) is 8.58 Å². The van der Waals surface area contributed by atoms with Gasteiger partial charge in [0.05, 0.1) is 8.58 Å². The molecule has 0 amide bonds. The van der Waals surface area contributed by atoms with Crippen LogP contribution in [0.2, 0.25) is 0 Å². The van der Waals surface area contributed by atoms with Crippen molar-refractivity contribution in [1.82, 2.24) is 0 Å².